The van der Waals surface area contributed by atoms with Crippen molar-refractivity contribution < 1.29 is 0 Å². The molecule has 0 atom stereocenters. The minimum Gasteiger partial charge on any atom is -0.361 e. The molecule has 2 nitrogen and oxygen atoms in total. The highest BCUT2D eigenvalue weighted by Crippen LogP contribution is 2.12. The van der Waals surface area contributed by atoms with Crippen molar-refractivity contribution >= 4 is 40.1 Å². The van der Waals surface area contributed by atoms with Gasteiger partial charge in [0, 0.05) is 16.6 Å². The Kier molecular flexibility index (Phi) is 6.43. The second-order valence-electron chi connectivity index (χ2n) is 4.43. The van der Waals surface area contributed by atoms with Crippen molar-refractivity contribution in [2.75, 3.05) is 6.26 Å². The summed E-state index contributed by atoms with van der Waals surface area (Å²) in [6.45, 7) is 1.37. The molecule has 2 aromatic rings. The lowest BCUT2D eigenvalue weighted by Crippen LogP contribution is -2.19. The van der Waals surface area contributed by atoms with Gasteiger partial charge in [-0.15, -0.1) is 0 Å². The van der Waals surface area contributed by atoms with Gasteiger partial charge in [0.2, 0.25) is 0 Å². The zero-order valence-corrected chi connectivity index (χ0v) is 14.0. The second kappa shape index (κ2) is 8.32. The molecule has 0 radical (unpaired) electrons. The maximum atomic E-state index is 5.87. The molecular weight excluding hydrogens is 323 g/mol. The molecule has 5 heteroatoms. The Morgan fingerprint density at radius 2 is 1.48 bits per heavy atom. The highest BCUT2D eigenvalue weighted by atomic mass is 35.5. The smallest absolute Gasteiger partial charge is 0.156 e. The molecule has 0 unspecified atom stereocenters. The number of nitrogens with zero attached hydrogens (tertiary/aromatic N) is 1. The zero-order chi connectivity index (χ0) is 15.1. The van der Waals surface area contributed by atoms with Crippen LogP contribution >= 0.6 is 35.0 Å². The summed E-state index contributed by atoms with van der Waals surface area (Å²) in [6.07, 6.45) is 2.01. The molecule has 0 heterocycles. The van der Waals surface area contributed by atoms with Gasteiger partial charge in [-0.25, -0.2) is 0 Å². The predicted molar refractivity (Wildman–Crippen MR) is 94.4 cm³/mol. The van der Waals surface area contributed by atoms with E-state index in [0.29, 0.717) is 6.54 Å². The van der Waals surface area contributed by atoms with Crippen LogP contribution in [0.3, 0.4) is 0 Å². The summed E-state index contributed by atoms with van der Waals surface area (Å²) in [6, 6.07) is 15.5. The number of benzene rings is 2. The molecule has 0 spiro atoms. The average molecular weight is 339 g/mol. The third kappa shape index (κ3) is 5.62. The van der Waals surface area contributed by atoms with Crippen LogP contribution < -0.4 is 5.32 Å². The van der Waals surface area contributed by atoms with Gasteiger partial charge in [-0.2, -0.15) is 0 Å². The van der Waals surface area contributed by atoms with Crippen molar-refractivity contribution in [1.82, 2.24) is 5.32 Å². The van der Waals surface area contributed by atoms with E-state index in [0.717, 1.165) is 27.3 Å². The molecule has 0 aliphatic heterocycles. The molecule has 0 aromatic heterocycles. The first-order valence-corrected chi connectivity index (χ1v) is 8.46. The lowest BCUT2D eigenvalue weighted by molar-refractivity contribution is 0.911. The number of nitrogens with one attached hydrogen (secondary N) is 1. The maximum absolute atomic E-state index is 5.87. The quantitative estimate of drug-likeness (QED) is 0.626. The SMILES string of the molecule is CSC(=NCc1ccc(Cl)cc1)NCc1ccc(Cl)cc1. The number of thioether (sulfide) groups is 1. The summed E-state index contributed by atoms with van der Waals surface area (Å²) >= 11 is 13.3. The van der Waals surface area contributed by atoms with Gasteiger partial charge in [0.15, 0.2) is 5.17 Å². The van der Waals surface area contributed by atoms with Gasteiger partial charge in [0.05, 0.1) is 6.54 Å². The Bertz CT molecular complexity index is 595. The minimum atomic E-state index is 0.640. The van der Waals surface area contributed by atoms with E-state index in [2.05, 4.69) is 10.3 Å². The van der Waals surface area contributed by atoms with Crippen LogP contribution in [0.2, 0.25) is 10.0 Å². The minimum absolute atomic E-state index is 0.640. The first-order valence-electron chi connectivity index (χ1n) is 6.48. The molecule has 0 fully saturated rings. The van der Waals surface area contributed by atoms with Gasteiger partial charge in [-0.3, -0.25) is 4.99 Å². The van der Waals surface area contributed by atoms with Crippen molar-refractivity contribution in [1.29, 1.82) is 0 Å². The molecule has 0 saturated carbocycles. The third-order valence-corrected chi connectivity index (χ3v) is 4.03. The molecule has 0 aliphatic rings. The maximum Gasteiger partial charge on any atom is 0.156 e. The van der Waals surface area contributed by atoms with Crippen LogP contribution in [0.25, 0.3) is 0 Å². The van der Waals surface area contributed by atoms with Crippen LogP contribution in [0.5, 0.6) is 0 Å². The summed E-state index contributed by atoms with van der Waals surface area (Å²) < 4.78 is 0. The standard InChI is InChI=1S/C16H16Cl2N2S/c1-21-16(19-10-12-2-6-14(17)7-3-12)20-11-13-4-8-15(18)9-5-13/h2-9H,10-11H2,1H3,(H,19,20). The monoisotopic (exact) mass is 338 g/mol. The number of halogens is 2. The summed E-state index contributed by atoms with van der Waals surface area (Å²) in [5.74, 6) is 0. The molecule has 2 rings (SSSR count). The van der Waals surface area contributed by atoms with Gasteiger partial charge >= 0.3 is 0 Å². The highest BCUT2D eigenvalue weighted by Gasteiger charge is 1.99. The summed E-state index contributed by atoms with van der Waals surface area (Å²) in [5.41, 5.74) is 2.31. The van der Waals surface area contributed by atoms with E-state index in [4.69, 9.17) is 23.2 Å². The molecule has 21 heavy (non-hydrogen) atoms. The van der Waals surface area contributed by atoms with E-state index >= 15 is 0 Å². The first-order chi connectivity index (χ1) is 10.2. The fourth-order valence-electron chi connectivity index (χ4n) is 1.73. The first kappa shape index (κ1) is 16.2. The van der Waals surface area contributed by atoms with Gasteiger partial charge in [0.1, 0.15) is 0 Å². The highest BCUT2D eigenvalue weighted by molar-refractivity contribution is 8.13. The second-order valence-corrected chi connectivity index (χ2v) is 6.10. The molecular formula is C16H16Cl2N2S. The van der Waals surface area contributed by atoms with Crippen LogP contribution in [-0.4, -0.2) is 11.4 Å². The van der Waals surface area contributed by atoms with E-state index in [9.17, 15) is 0 Å². The average Bonchev–Trinajstić information content (AvgIpc) is 2.51. The number of amidine groups is 1. The normalized spacial score (nSPS) is 11.5. The Morgan fingerprint density at radius 3 is 2.00 bits per heavy atom. The lowest BCUT2D eigenvalue weighted by atomic mass is 10.2. The van der Waals surface area contributed by atoms with Crippen LogP contribution in [0.15, 0.2) is 53.5 Å². The molecule has 0 amide bonds. The fourth-order valence-corrected chi connectivity index (χ4v) is 2.39. The summed E-state index contributed by atoms with van der Waals surface area (Å²) in [4.78, 5) is 4.57. The Balaban J connectivity index is 1.91. The van der Waals surface area contributed by atoms with Crippen LogP contribution in [0.1, 0.15) is 11.1 Å². The van der Waals surface area contributed by atoms with E-state index in [1.54, 1.807) is 11.8 Å². The molecule has 0 aliphatic carbocycles. The number of rotatable bonds is 4. The van der Waals surface area contributed by atoms with E-state index in [1.165, 1.54) is 5.56 Å². The number of hydrogen-bond acceptors (Lipinski definition) is 2. The summed E-state index contributed by atoms with van der Waals surface area (Å²) in [5, 5.41) is 5.74. The molecule has 0 bridgehead atoms. The van der Waals surface area contributed by atoms with Gasteiger partial charge < -0.3 is 5.32 Å². The topological polar surface area (TPSA) is 24.4 Å². The Labute approximate surface area is 139 Å². The summed E-state index contributed by atoms with van der Waals surface area (Å²) in [7, 11) is 0. The van der Waals surface area contributed by atoms with E-state index < -0.39 is 0 Å². The van der Waals surface area contributed by atoms with Gasteiger partial charge in [0.25, 0.3) is 0 Å². The number of aliphatic imine (C=N–C) groups is 1. The fraction of sp³-hybridized carbons (Fsp3) is 0.188. The Hall–Kier alpha value is -1.16. The van der Waals surface area contributed by atoms with Crippen molar-refractivity contribution in [2.24, 2.45) is 4.99 Å². The van der Waals surface area contributed by atoms with Crippen molar-refractivity contribution in [2.45, 2.75) is 13.1 Å². The van der Waals surface area contributed by atoms with Crippen molar-refractivity contribution in [3.63, 3.8) is 0 Å². The van der Waals surface area contributed by atoms with E-state index in [1.807, 2.05) is 54.8 Å². The number of hydrogen-bond donors (Lipinski definition) is 1. The van der Waals surface area contributed by atoms with Gasteiger partial charge in [-0.1, -0.05) is 59.2 Å². The zero-order valence-electron chi connectivity index (χ0n) is 11.6. The van der Waals surface area contributed by atoms with Gasteiger partial charge in [-0.05, 0) is 41.6 Å². The lowest BCUT2D eigenvalue weighted by Gasteiger charge is -2.08. The van der Waals surface area contributed by atoms with Crippen molar-refractivity contribution in [3.8, 4) is 0 Å². The Morgan fingerprint density at radius 1 is 0.952 bits per heavy atom. The van der Waals surface area contributed by atoms with E-state index in [-0.39, 0.29) is 0 Å². The van der Waals surface area contributed by atoms with Crippen LogP contribution in [0.4, 0.5) is 0 Å². The molecule has 110 valence electrons. The molecule has 0 saturated heterocycles. The largest absolute Gasteiger partial charge is 0.361 e. The third-order valence-electron chi connectivity index (χ3n) is 2.87. The molecule has 1 N–H and O–H groups in total. The predicted octanol–water partition coefficient (Wildman–Crippen LogP) is 5.00. The van der Waals surface area contributed by atoms with Crippen LogP contribution in [0, 0.1) is 0 Å². The molecule has 2 aromatic carbocycles. The van der Waals surface area contributed by atoms with Crippen LogP contribution in [-0.2, 0) is 13.1 Å². The van der Waals surface area contributed by atoms with Crippen molar-refractivity contribution in [3.05, 3.63) is 69.7 Å².